The number of Topliss-reactive ketones (excluding diaryl/α,β-unsaturated/α-hetero) is 1. The molecule has 0 heterocycles. The first-order chi connectivity index (χ1) is 13.9. The van der Waals surface area contributed by atoms with Gasteiger partial charge >= 0.3 is 0 Å². The molecule has 0 aliphatic rings. The zero-order chi connectivity index (χ0) is 21.2. The van der Waals surface area contributed by atoms with Gasteiger partial charge < -0.3 is 21.5 Å². The van der Waals surface area contributed by atoms with Crippen molar-refractivity contribution in [2.75, 3.05) is 13.2 Å². The second-order valence-corrected chi connectivity index (χ2v) is 6.74. The van der Waals surface area contributed by atoms with Crippen LogP contribution in [0.3, 0.4) is 0 Å². The molecule has 2 aromatic rings. The van der Waals surface area contributed by atoms with E-state index in [0.717, 1.165) is 24.2 Å². The lowest BCUT2D eigenvalue weighted by Gasteiger charge is -2.20. The van der Waals surface area contributed by atoms with Crippen molar-refractivity contribution in [2.24, 2.45) is 5.73 Å². The Hall–Kier alpha value is -2.98. The Morgan fingerprint density at radius 3 is 2.07 bits per heavy atom. The third-order valence-electron chi connectivity index (χ3n) is 4.35. The predicted octanol–water partition coefficient (Wildman–Crippen LogP) is 1.20. The maximum absolute atomic E-state index is 12.3. The summed E-state index contributed by atoms with van der Waals surface area (Å²) in [5, 5.41) is 14.8. The molecule has 5 N–H and O–H groups in total. The second-order valence-electron chi connectivity index (χ2n) is 6.74. The summed E-state index contributed by atoms with van der Waals surface area (Å²) in [4.78, 5) is 24.0. The molecule has 0 unspecified atom stereocenters. The van der Waals surface area contributed by atoms with E-state index in [1.165, 1.54) is 5.56 Å². The molecular formula is C23H27N3O3. The first-order valence-electron chi connectivity index (χ1n) is 9.56. The average molecular weight is 393 g/mol. The molecule has 29 heavy (non-hydrogen) atoms. The fraction of sp³-hybridized carbons (Fsp3) is 0.304. The molecule has 0 bridgehead atoms. The molecule has 0 spiro atoms. The van der Waals surface area contributed by atoms with Crippen LogP contribution in [-0.2, 0) is 11.3 Å². The standard InChI is InChI=1S/C23H27N3O3/c1-3-25-14-19-8-6-17(7-9-19)4-5-18-10-12-20(13-11-18)23(29)26-22(16(2)24)21(28)15-27/h6-13,16,22,25,27H,3,14-15,24H2,1-2H3,(H,26,29)/t16-,22+/m1/s1. The molecule has 6 heteroatoms. The van der Waals surface area contributed by atoms with Crippen LogP contribution >= 0.6 is 0 Å². The third-order valence-corrected chi connectivity index (χ3v) is 4.35. The maximum atomic E-state index is 12.3. The highest BCUT2D eigenvalue weighted by atomic mass is 16.3. The van der Waals surface area contributed by atoms with E-state index < -0.39 is 30.4 Å². The first kappa shape index (κ1) is 22.3. The molecule has 0 saturated heterocycles. The number of ketones is 1. The second kappa shape index (κ2) is 11.1. The summed E-state index contributed by atoms with van der Waals surface area (Å²) in [5.74, 6) is 5.23. The molecule has 0 saturated carbocycles. The molecule has 0 aliphatic carbocycles. The van der Waals surface area contributed by atoms with Crippen molar-refractivity contribution in [3.63, 3.8) is 0 Å². The average Bonchev–Trinajstić information content (AvgIpc) is 2.74. The summed E-state index contributed by atoms with van der Waals surface area (Å²) < 4.78 is 0. The van der Waals surface area contributed by atoms with E-state index in [2.05, 4.69) is 29.4 Å². The molecular weight excluding hydrogens is 366 g/mol. The highest BCUT2D eigenvalue weighted by molar-refractivity contribution is 5.98. The topological polar surface area (TPSA) is 104 Å². The van der Waals surface area contributed by atoms with Crippen molar-refractivity contribution in [3.05, 3.63) is 70.8 Å². The van der Waals surface area contributed by atoms with Gasteiger partial charge in [0.05, 0.1) is 0 Å². The van der Waals surface area contributed by atoms with Crippen molar-refractivity contribution in [3.8, 4) is 11.8 Å². The largest absolute Gasteiger partial charge is 0.388 e. The normalized spacial score (nSPS) is 12.4. The maximum Gasteiger partial charge on any atom is 0.251 e. The van der Waals surface area contributed by atoms with E-state index >= 15 is 0 Å². The Balaban J connectivity index is 2.02. The molecule has 6 nitrogen and oxygen atoms in total. The minimum absolute atomic E-state index is 0.389. The van der Waals surface area contributed by atoms with Crippen LogP contribution < -0.4 is 16.4 Å². The number of hydrogen-bond donors (Lipinski definition) is 4. The number of nitrogens with two attached hydrogens (primary N) is 1. The number of benzene rings is 2. The first-order valence-corrected chi connectivity index (χ1v) is 9.56. The van der Waals surface area contributed by atoms with Gasteiger partial charge in [0.25, 0.3) is 5.91 Å². The van der Waals surface area contributed by atoms with Crippen LogP contribution in [0.2, 0.25) is 0 Å². The van der Waals surface area contributed by atoms with Crippen molar-refractivity contribution < 1.29 is 14.7 Å². The Labute approximate surface area is 171 Å². The zero-order valence-corrected chi connectivity index (χ0v) is 16.7. The number of aliphatic hydroxyl groups is 1. The minimum Gasteiger partial charge on any atom is -0.388 e. The van der Waals surface area contributed by atoms with Crippen LogP contribution in [0.1, 0.15) is 40.9 Å². The molecule has 2 atom stereocenters. The summed E-state index contributed by atoms with van der Waals surface area (Å²) in [6.07, 6.45) is 0. The summed E-state index contributed by atoms with van der Waals surface area (Å²) in [5.41, 5.74) is 9.00. The van der Waals surface area contributed by atoms with Gasteiger partial charge in [0.1, 0.15) is 12.6 Å². The number of amides is 1. The minimum atomic E-state index is -0.928. The monoisotopic (exact) mass is 393 g/mol. The molecule has 0 radical (unpaired) electrons. The lowest BCUT2D eigenvalue weighted by Crippen LogP contribution is -2.52. The van der Waals surface area contributed by atoms with Crippen molar-refractivity contribution in [1.82, 2.24) is 10.6 Å². The van der Waals surface area contributed by atoms with Crippen molar-refractivity contribution in [1.29, 1.82) is 0 Å². The van der Waals surface area contributed by atoms with Gasteiger partial charge in [-0.05, 0) is 55.4 Å². The van der Waals surface area contributed by atoms with Gasteiger partial charge in [0.2, 0.25) is 0 Å². The number of aliphatic hydroxyl groups excluding tert-OH is 1. The van der Waals surface area contributed by atoms with Gasteiger partial charge in [-0.2, -0.15) is 0 Å². The molecule has 152 valence electrons. The van der Waals surface area contributed by atoms with Crippen LogP contribution in [0.25, 0.3) is 0 Å². The van der Waals surface area contributed by atoms with Gasteiger partial charge in [-0.3, -0.25) is 9.59 Å². The van der Waals surface area contributed by atoms with Crippen LogP contribution in [0.15, 0.2) is 48.5 Å². The zero-order valence-electron chi connectivity index (χ0n) is 16.7. The predicted molar refractivity (Wildman–Crippen MR) is 113 cm³/mol. The Morgan fingerprint density at radius 1 is 1.03 bits per heavy atom. The molecule has 2 rings (SSSR count). The van der Waals surface area contributed by atoms with Gasteiger partial charge in [-0.1, -0.05) is 30.9 Å². The van der Waals surface area contributed by atoms with Crippen LogP contribution in [0, 0.1) is 11.8 Å². The molecule has 0 fully saturated rings. The number of carbonyl (C=O) groups excluding carboxylic acids is 2. The highest BCUT2D eigenvalue weighted by Crippen LogP contribution is 2.07. The fourth-order valence-electron chi connectivity index (χ4n) is 2.65. The quantitative estimate of drug-likeness (QED) is 0.505. The summed E-state index contributed by atoms with van der Waals surface area (Å²) in [6, 6.07) is 13.3. The third kappa shape index (κ3) is 6.84. The lowest BCUT2D eigenvalue weighted by molar-refractivity contribution is -0.123. The SMILES string of the molecule is CCNCc1ccc(C#Cc2ccc(C(=O)N[C@H](C(=O)CO)[C@@H](C)N)cc2)cc1. The van der Waals surface area contributed by atoms with E-state index in [1.807, 2.05) is 24.3 Å². The van der Waals surface area contributed by atoms with E-state index in [1.54, 1.807) is 31.2 Å². The van der Waals surface area contributed by atoms with E-state index in [-0.39, 0.29) is 0 Å². The molecule has 1 amide bonds. The molecule has 2 aromatic carbocycles. The number of nitrogens with one attached hydrogen (secondary N) is 2. The summed E-state index contributed by atoms with van der Waals surface area (Å²) >= 11 is 0. The highest BCUT2D eigenvalue weighted by Gasteiger charge is 2.24. The fourth-order valence-corrected chi connectivity index (χ4v) is 2.65. The van der Waals surface area contributed by atoms with E-state index in [0.29, 0.717) is 5.56 Å². The van der Waals surface area contributed by atoms with E-state index in [9.17, 15) is 9.59 Å². The lowest BCUT2D eigenvalue weighted by atomic mass is 10.0. The number of rotatable bonds is 8. The van der Waals surface area contributed by atoms with Crippen LogP contribution in [0.5, 0.6) is 0 Å². The Bertz CT molecular complexity index is 878. The molecule has 0 aliphatic heterocycles. The van der Waals surface area contributed by atoms with Crippen molar-refractivity contribution in [2.45, 2.75) is 32.5 Å². The van der Waals surface area contributed by atoms with Crippen molar-refractivity contribution >= 4 is 11.7 Å². The van der Waals surface area contributed by atoms with Crippen LogP contribution in [-0.4, -0.2) is 42.0 Å². The molecule has 0 aromatic heterocycles. The van der Waals surface area contributed by atoms with E-state index in [4.69, 9.17) is 10.8 Å². The smallest absolute Gasteiger partial charge is 0.251 e. The van der Waals surface area contributed by atoms with Gasteiger partial charge in [0.15, 0.2) is 5.78 Å². The summed E-state index contributed by atoms with van der Waals surface area (Å²) in [7, 11) is 0. The van der Waals surface area contributed by atoms with Gasteiger partial charge in [0, 0.05) is 29.3 Å². The van der Waals surface area contributed by atoms with Gasteiger partial charge in [-0.15, -0.1) is 0 Å². The van der Waals surface area contributed by atoms with Gasteiger partial charge in [-0.25, -0.2) is 0 Å². The Kier molecular flexibility index (Phi) is 8.56. The Morgan fingerprint density at radius 2 is 1.59 bits per heavy atom. The van der Waals surface area contributed by atoms with Crippen LogP contribution in [0.4, 0.5) is 0 Å². The summed E-state index contributed by atoms with van der Waals surface area (Å²) in [6.45, 7) is 4.77. The number of hydrogen-bond acceptors (Lipinski definition) is 5. The number of carbonyl (C=O) groups is 2.